The van der Waals surface area contributed by atoms with Crippen LogP contribution in [-0.2, 0) is 9.53 Å². The van der Waals surface area contributed by atoms with Gasteiger partial charge in [0.05, 0.1) is 7.11 Å². The van der Waals surface area contributed by atoms with Crippen LogP contribution < -0.4 is 4.31 Å². The zero-order valence-electron chi connectivity index (χ0n) is 12.0. The number of esters is 1. The van der Waals surface area contributed by atoms with E-state index in [0.717, 1.165) is 4.31 Å². The lowest BCUT2D eigenvalue weighted by molar-refractivity contribution is -0.264. The molecule has 1 rings (SSSR count). The second-order valence-electron chi connectivity index (χ2n) is 4.29. The molecule has 0 aliphatic rings. The van der Waals surface area contributed by atoms with Crippen LogP contribution in [0.3, 0.4) is 0 Å². The summed E-state index contributed by atoms with van der Waals surface area (Å²) in [7, 11) is 0.480. The lowest BCUT2D eigenvalue weighted by Gasteiger charge is -2.37. The number of carbonyl (C=O) groups excluding carboxylic acids is 1. The standard InChI is InChI=1S/C13H13F6NO2S/c1-3-20(9-7-5-4-6-8-9)23-11(10(21)22-2,12(14,15)16)13(17,18)19/h4-8H,3H2,1-2H3. The van der Waals surface area contributed by atoms with Gasteiger partial charge in [-0.05, 0) is 31.0 Å². The molecule has 1 aromatic rings. The van der Waals surface area contributed by atoms with Gasteiger partial charge in [-0.3, -0.25) is 0 Å². The molecule has 130 valence electrons. The van der Waals surface area contributed by atoms with Crippen molar-refractivity contribution in [2.45, 2.75) is 24.0 Å². The first-order valence-electron chi connectivity index (χ1n) is 6.24. The molecule has 0 aliphatic carbocycles. The Labute approximate surface area is 132 Å². The molecule has 0 unspecified atom stereocenters. The van der Waals surface area contributed by atoms with Crippen LogP contribution in [-0.4, -0.2) is 36.7 Å². The van der Waals surface area contributed by atoms with Gasteiger partial charge in [-0.2, -0.15) is 26.3 Å². The molecule has 0 bridgehead atoms. The third-order valence-electron chi connectivity index (χ3n) is 2.85. The van der Waals surface area contributed by atoms with E-state index in [1.165, 1.54) is 31.2 Å². The number of nitrogens with zero attached hydrogens (tertiary/aromatic N) is 1. The van der Waals surface area contributed by atoms with Crippen molar-refractivity contribution in [3.63, 3.8) is 0 Å². The normalized spacial score (nSPS) is 12.9. The molecular formula is C13H13F6NO2S. The van der Waals surface area contributed by atoms with Gasteiger partial charge in [0.25, 0.3) is 0 Å². The van der Waals surface area contributed by atoms with Crippen LogP contribution in [0.25, 0.3) is 0 Å². The number of alkyl halides is 6. The fourth-order valence-corrected chi connectivity index (χ4v) is 2.79. The van der Waals surface area contributed by atoms with Gasteiger partial charge in [0.2, 0.25) is 0 Å². The molecule has 1 aromatic carbocycles. The predicted molar refractivity (Wildman–Crippen MR) is 73.9 cm³/mol. The molecule has 0 saturated carbocycles. The Morgan fingerprint density at radius 2 is 1.57 bits per heavy atom. The highest BCUT2D eigenvalue weighted by Gasteiger charge is 2.78. The van der Waals surface area contributed by atoms with E-state index in [4.69, 9.17) is 0 Å². The van der Waals surface area contributed by atoms with Crippen molar-refractivity contribution in [1.29, 1.82) is 0 Å². The quantitative estimate of drug-likeness (QED) is 0.447. The maximum atomic E-state index is 13.3. The van der Waals surface area contributed by atoms with Gasteiger partial charge in [-0.1, -0.05) is 18.2 Å². The second kappa shape index (κ2) is 6.90. The van der Waals surface area contributed by atoms with Crippen LogP contribution in [0, 0.1) is 0 Å². The van der Waals surface area contributed by atoms with Crippen LogP contribution in [0.1, 0.15) is 6.92 Å². The fourth-order valence-electron chi connectivity index (χ4n) is 1.74. The molecule has 10 heteroatoms. The highest BCUT2D eigenvalue weighted by Crippen LogP contribution is 2.54. The minimum atomic E-state index is -5.90. The summed E-state index contributed by atoms with van der Waals surface area (Å²) in [4.78, 5) is 11.5. The van der Waals surface area contributed by atoms with Crippen molar-refractivity contribution in [3.8, 4) is 0 Å². The number of methoxy groups -OCH3 is 1. The zero-order chi connectivity index (χ0) is 17.9. The molecule has 0 heterocycles. The van der Waals surface area contributed by atoms with Crippen molar-refractivity contribution in [1.82, 2.24) is 0 Å². The third kappa shape index (κ3) is 3.67. The Kier molecular flexibility index (Phi) is 5.84. The first-order valence-corrected chi connectivity index (χ1v) is 7.02. The molecule has 0 fully saturated rings. The van der Waals surface area contributed by atoms with Crippen LogP contribution >= 0.6 is 11.9 Å². The first-order chi connectivity index (χ1) is 10.5. The maximum Gasteiger partial charge on any atom is 0.424 e. The average molecular weight is 361 g/mol. The van der Waals surface area contributed by atoms with Crippen LogP contribution in [0.4, 0.5) is 32.0 Å². The summed E-state index contributed by atoms with van der Waals surface area (Å²) < 4.78 is 79.4. The number of rotatable bonds is 5. The summed E-state index contributed by atoms with van der Waals surface area (Å²) in [6.45, 7) is 1.17. The smallest absolute Gasteiger partial charge is 0.424 e. The predicted octanol–water partition coefficient (Wildman–Crippen LogP) is 4.20. The lowest BCUT2D eigenvalue weighted by atomic mass is 10.1. The number of hydrogen-bond acceptors (Lipinski definition) is 4. The third-order valence-corrected chi connectivity index (χ3v) is 4.44. The molecule has 0 atom stereocenters. The van der Waals surface area contributed by atoms with Crippen molar-refractivity contribution in [2.24, 2.45) is 0 Å². The summed E-state index contributed by atoms with van der Waals surface area (Å²) in [6, 6.07) is 7.15. The SMILES string of the molecule is CCN(SC(C(=O)OC)(C(F)(F)F)C(F)(F)F)c1ccccc1. The van der Waals surface area contributed by atoms with Gasteiger partial charge >= 0.3 is 23.1 Å². The molecule has 0 N–H and O–H groups in total. The van der Waals surface area contributed by atoms with E-state index in [1.54, 1.807) is 6.07 Å². The highest BCUT2D eigenvalue weighted by molar-refractivity contribution is 8.02. The number of carbonyl (C=O) groups is 1. The minimum Gasteiger partial charge on any atom is -0.467 e. The van der Waals surface area contributed by atoms with E-state index in [-0.39, 0.29) is 12.2 Å². The maximum absolute atomic E-state index is 13.3. The fraction of sp³-hybridized carbons (Fsp3) is 0.462. The molecule has 23 heavy (non-hydrogen) atoms. The Hall–Kier alpha value is -1.58. The highest BCUT2D eigenvalue weighted by atomic mass is 32.2. The van der Waals surface area contributed by atoms with Crippen molar-refractivity contribution in [2.75, 3.05) is 18.0 Å². The molecule has 0 amide bonds. The van der Waals surface area contributed by atoms with Crippen molar-refractivity contribution in [3.05, 3.63) is 30.3 Å². The van der Waals surface area contributed by atoms with Gasteiger partial charge in [0.1, 0.15) is 0 Å². The molecule has 0 aliphatic heterocycles. The molecule has 0 saturated heterocycles. The van der Waals surface area contributed by atoms with E-state index < -0.39 is 35.0 Å². The van der Waals surface area contributed by atoms with Crippen LogP contribution in [0.2, 0.25) is 0 Å². The Bertz CT molecular complexity index is 518. The number of hydrogen-bond donors (Lipinski definition) is 0. The average Bonchev–Trinajstić information content (AvgIpc) is 2.46. The summed E-state index contributed by atoms with van der Waals surface area (Å²) in [5.41, 5.74) is 0.0989. The summed E-state index contributed by atoms with van der Waals surface area (Å²) in [5, 5.41) is 0. The van der Waals surface area contributed by atoms with Gasteiger partial charge in [-0.15, -0.1) is 0 Å². The number of benzene rings is 1. The van der Waals surface area contributed by atoms with Gasteiger partial charge in [0.15, 0.2) is 0 Å². The minimum absolute atomic E-state index is 0.0989. The van der Waals surface area contributed by atoms with Crippen molar-refractivity contribution < 1.29 is 35.9 Å². The van der Waals surface area contributed by atoms with E-state index in [2.05, 4.69) is 4.74 Å². The topological polar surface area (TPSA) is 29.5 Å². The summed E-state index contributed by atoms with van der Waals surface area (Å²) in [6.07, 6.45) is -11.8. The largest absolute Gasteiger partial charge is 0.467 e. The Morgan fingerprint density at radius 1 is 1.09 bits per heavy atom. The van der Waals surface area contributed by atoms with Crippen molar-refractivity contribution >= 4 is 23.6 Å². The van der Waals surface area contributed by atoms with Gasteiger partial charge < -0.3 is 9.04 Å². The monoisotopic (exact) mass is 361 g/mol. The molecule has 3 nitrogen and oxygen atoms in total. The van der Waals surface area contributed by atoms with Gasteiger partial charge in [0, 0.05) is 12.2 Å². The summed E-state index contributed by atoms with van der Waals surface area (Å²) in [5.74, 6) is -2.42. The summed E-state index contributed by atoms with van der Waals surface area (Å²) >= 11 is -0.654. The Morgan fingerprint density at radius 3 is 1.91 bits per heavy atom. The molecule has 0 spiro atoms. The van der Waals surface area contributed by atoms with E-state index in [1.807, 2.05) is 0 Å². The lowest BCUT2D eigenvalue weighted by Crippen LogP contribution is -2.61. The number of ether oxygens (including phenoxy) is 1. The van der Waals surface area contributed by atoms with E-state index in [9.17, 15) is 31.1 Å². The second-order valence-corrected chi connectivity index (χ2v) is 5.53. The van der Waals surface area contributed by atoms with E-state index in [0.29, 0.717) is 7.11 Å². The number of halogens is 6. The van der Waals surface area contributed by atoms with Crippen LogP contribution in [0.5, 0.6) is 0 Å². The Balaban J connectivity index is 3.43. The molecule has 0 aromatic heterocycles. The molecule has 0 radical (unpaired) electrons. The zero-order valence-corrected chi connectivity index (χ0v) is 12.9. The first kappa shape index (κ1) is 19.5. The van der Waals surface area contributed by atoms with Gasteiger partial charge in [-0.25, -0.2) is 4.79 Å². The van der Waals surface area contributed by atoms with E-state index >= 15 is 0 Å². The molecular weight excluding hydrogens is 348 g/mol. The number of para-hydroxylation sites is 1. The number of anilines is 1. The van der Waals surface area contributed by atoms with Crippen LogP contribution in [0.15, 0.2) is 30.3 Å².